The number of hydrogen-bond acceptors (Lipinski definition) is 3. The Bertz CT molecular complexity index is 419. The molecule has 1 saturated heterocycles. The zero-order valence-electron chi connectivity index (χ0n) is 13.0. The van der Waals surface area contributed by atoms with E-state index in [0.29, 0.717) is 13.2 Å². The van der Waals surface area contributed by atoms with Crippen molar-refractivity contribution in [1.82, 2.24) is 10.2 Å². The van der Waals surface area contributed by atoms with Crippen molar-refractivity contribution < 1.29 is 9.13 Å². The van der Waals surface area contributed by atoms with Crippen LogP contribution in [0.5, 0.6) is 5.75 Å². The van der Waals surface area contributed by atoms with E-state index in [-0.39, 0.29) is 5.82 Å². The van der Waals surface area contributed by atoms with Crippen LogP contribution in [-0.2, 0) is 6.54 Å². The smallest absolute Gasteiger partial charge is 0.123 e. The van der Waals surface area contributed by atoms with Gasteiger partial charge in [0, 0.05) is 18.7 Å². The molecule has 1 aliphatic rings. The van der Waals surface area contributed by atoms with Crippen LogP contribution in [0.25, 0.3) is 0 Å². The summed E-state index contributed by atoms with van der Waals surface area (Å²) in [4.78, 5) is 2.48. The second kappa shape index (κ2) is 9.00. The highest BCUT2D eigenvalue weighted by atomic mass is 19.1. The standard InChI is InChI=1S/C17H27FN2O/c1-2-8-19-14-15-13-16(18)6-7-17(15)21-12-5-11-20-9-3-4-10-20/h6-7,13,19H,2-5,8-12,14H2,1H3. The summed E-state index contributed by atoms with van der Waals surface area (Å²) >= 11 is 0. The zero-order chi connectivity index (χ0) is 14.9. The first-order chi connectivity index (χ1) is 10.3. The van der Waals surface area contributed by atoms with Gasteiger partial charge < -0.3 is 15.0 Å². The maximum Gasteiger partial charge on any atom is 0.123 e. The third-order valence-electron chi connectivity index (χ3n) is 3.84. The topological polar surface area (TPSA) is 24.5 Å². The van der Waals surface area contributed by atoms with Gasteiger partial charge in [-0.15, -0.1) is 0 Å². The summed E-state index contributed by atoms with van der Waals surface area (Å²) in [5, 5.41) is 3.30. The Hall–Kier alpha value is -1.13. The van der Waals surface area contributed by atoms with E-state index in [1.807, 2.05) is 0 Å². The van der Waals surface area contributed by atoms with E-state index in [1.165, 1.54) is 32.0 Å². The zero-order valence-corrected chi connectivity index (χ0v) is 13.0. The first-order valence-electron chi connectivity index (χ1n) is 8.14. The summed E-state index contributed by atoms with van der Waals surface area (Å²) in [5.41, 5.74) is 0.907. The molecule has 0 unspecified atom stereocenters. The maximum absolute atomic E-state index is 13.4. The van der Waals surface area contributed by atoms with Crippen molar-refractivity contribution in [3.63, 3.8) is 0 Å². The van der Waals surface area contributed by atoms with Gasteiger partial charge in [0.2, 0.25) is 0 Å². The number of nitrogens with one attached hydrogen (secondary N) is 1. The molecule has 0 atom stereocenters. The Morgan fingerprint density at radius 1 is 1.29 bits per heavy atom. The lowest BCUT2D eigenvalue weighted by molar-refractivity contribution is 0.261. The quantitative estimate of drug-likeness (QED) is 0.708. The Balaban J connectivity index is 1.77. The minimum atomic E-state index is -0.201. The van der Waals surface area contributed by atoms with Gasteiger partial charge in [-0.3, -0.25) is 0 Å². The number of halogens is 1. The molecule has 0 bridgehead atoms. The van der Waals surface area contributed by atoms with E-state index < -0.39 is 0 Å². The lowest BCUT2D eigenvalue weighted by Gasteiger charge is -2.16. The molecule has 0 aliphatic carbocycles. The first-order valence-corrected chi connectivity index (χ1v) is 8.14. The third-order valence-corrected chi connectivity index (χ3v) is 3.84. The van der Waals surface area contributed by atoms with Crippen molar-refractivity contribution in [2.75, 3.05) is 32.8 Å². The molecule has 1 aromatic rings. The molecular formula is C17H27FN2O. The fourth-order valence-electron chi connectivity index (χ4n) is 2.70. The van der Waals surface area contributed by atoms with Crippen LogP contribution in [-0.4, -0.2) is 37.7 Å². The molecule has 4 heteroatoms. The lowest BCUT2D eigenvalue weighted by atomic mass is 10.2. The van der Waals surface area contributed by atoms with E-state index in [2.05, 4.69) is 17.1 Å². The predicted molar refractivity (Wildman–Crippen MR) is 84.2 cm³/mol. The Labute approximate surface area is 127 Å². The van der Waals surface area contributed by atoms with Crippen LogP contribution in [0.15, 0.2) is 18.2 Å². The van der Waals surface area contributed by atoms with Gasteiger partial charge in [0.1, 0.15) is 11.6 Å². The molecule has 0 amide bonds. The number of rotatable bonds is 9. The predicted octanol–water partition coefficient (Wildman–Crippen LogP) is 3.19. The van der Waals surface area contributed by atoms with E-state index in [9.17, 15) is 4.39 Å². The van der Waals surface area contributed by atoms with Crippen LogP contribution in [0.1, 0.15) is 38.2 Å². The maximum atomic E-state index is 13.4. The summed E-state index contributed by atoms with van der Waals surface area (Å²) in [6.07, 6.45) is 4.75. The summed E-state index contributed by atoms with van der Waals surface area (Å²) in [5.74, 6) is 0.606. The van der Waals surface area contributed by atoms with Crippen LogP contribution in [0, 0.1) is 5.82 Å². The fourth-order valence-corrected chi connectivity index (χ4v) is 2.70. The van der Waals surface area contributed by atoms with Crippen LogP contribution < -0.4 is 10.1 Å². The van der Waals surface area contributed by atoms with Crippen molar-refractivity contribution in [2.24, 2.45) is 0 Å². The number of benzene rings is 1. The van der Waals surface area contributed by atoms with Crippen molar-refractivity contribution >= 4 is 0 Å². The van der Waals surface area contributed by atoms with Crippen LogP contribution in [0.3, 0.4) is 0 Å². The average molecular weight is 294 g/mol. The van der Waals surface area contributed by atoms with Gasteiger partial charge in [0.05, 0.1) is 6.61 Å². The molecule has 118 valence electrons. The Morgan fingerprint density at radius 3 is 2.86 bits per heavy atom. The van der Waals surface area contributed by atoms with Crippen LogP contribution in [0.2, 0.25) is 0 Å². The van der Waals surface area contributed by atoms with E-state index >= 15 is 0 Å². The lowest BCUT2D eigenvalue weighted by Crippen LogP contribution is -2.22. The fraction of sp³-hybridized carbons (Fsp3) is 0.647. The summed E-state index contributed by atoms with van der Waals surface area (Å²) < 4.78 is 19.2. The highest BCUT2D eigenvalue weighted by molar-refractivity contribution is 5.33. The third kappa shape index (κ3) is 5.64. The summed E-state index contributed by atoms with van der Waals surface area (Å²) in [6, 6.07) is 4.78. The van der Waals surface area contributed by atoms with Gasteiger partial charge in [-0.25, -0.2) is 4.39 Å². The Kier molecular flexibility index (Phi) is 6.96. The van der Waals surface area contributed by atoms with Gasteiger partial charge in [-0.2, -0.15) is 0 Å². The van der Waals surface area contributed by atoms with E-state index in [4.69, 9.17) is 4.74 Å². The van der Waals surface area contributed by atoms with Crippen molar-refractivity contribution in [2.45, 2.75) is 39.2 Å². The number of hydrogen-bond donors (Lipinski definition) is 1. The van der Waals surface area contributed by atoms with Gasteiger partial charge >= 0.3 is 0 Å². The minimum absolute atomic E-state index is 0.201. The van der Waals surface area contributed by atoms with Gasteiger partial charge in [-0.1, -0.05) is 6.92 Å². The number of nitrogens with zero attached hydrogens (tertiary/aromatic N) is 1. The van der Waals surface area contributed by atoms with Crippen molar-refractivity contribution in [1.29, 1.82) is 0 Å². The highest BCUT2D eigenvalue weighted by Crippen LogP contribution is 2.20. The molecule has 3 nitrogen and oxygen atoms in total. The molecule has 0 aromatic heterocycles. The molecule has 1 heterocycles. The van der Waals surface area contributed by atoms with E-state index in [1.54, 1.807) is 12.1 Å². The molecule has 1 aromatic carbocycles. The summed E-state index contributed by atoms with van der Waals surface area (Å²) in [6.45, 7) is 7.96. The van der Waals surface area contributed by atoms with E-state index in [0.717, 1.165) is 37.2 Å². The number of ether oxygens (including phenoxy) is 1. The molecule has 2 rings (SSSR count). The molecule has 0 radical (unpaired) electrons. The monoisotopic (exact) mass is 294 g/mol. The number of likely N-dealkylation sites (tertiary alicyclic amines) is 1. The van der Waals surface area contributed by atoms with Crippen molar-refractivity contribution in [3.8, 4) is 5.75 Å². The van der Waals surface area contributed by atoms with Crippen LogP contribution in [0.4, 0.5) is 4.39 Å². The average Bonchev–Trinajstić information content (AvgIpc) is 2.99. The molecule has 1 N–H and O–H groups in total. The van der Waals surface area contributed by atoms with Crippen LogP contribution >= 0.6 is 0 Å². The van der Waals surface area contributed by atoms with Gasteiger partial charge in [0.15, 0.2) is 0 Å². The second-order valence-electron chi connectivity index (χ2n) is 5.68. The highest BCUT2D eigenvalue weighted by Gasteiger charge is 2.11. The molecular weight excluding hydrogens is 267 g/mol. The summed E-state index contributed by atoms with van der Waals surface area (Å²) in [7, 11) is 0. The molecule has 21 heavy (non-hydrogen) atoms. The van der Waals surface area contributed by atoms with Gasteiger partial charge in [0.25, 0.3) is 0 Å². The van der Waals surface area contributed by atoms with Crippen molar-refractivity contribution in [3.05, 3.63) is 29.6 Å². The van der Waals surface area contributed by atoms with Gasteiger partial charge in [-0.05, 0) is 63.5 Å². The molecule has 0 saturated carbocycles. The molecule has 1 fully saturated rings. The largest absolute Gasteiger partial charge is 0.493 e. The normalized spacial score (nSPS) is 15.5. The SMILES string of the molecule is CCCNCc1cc(F)ccc1OCCCN1CCCC1. The minimum Gasteiger partial charge on any atom is -0.493 e. The first kappa shape index (κ1) is 16.2. The second-order valence-corrected chi connectivity index (χ2v) is 5.68. The molecule has 0 spiro atoms. The Morgan fingerprint density at radius 2 is 2.10 bits per heavy atom. The molecule has 1 aliphatic heterocycles.